The fraction of sp³-hybridized carbons (Fsp3) is 0.943. The van der Waals surface area contributed by atoms with Crippen LogP contribution in [0, 0.1) is 52.3 Å². The molecule has 0 spiro atoms. The zero-order valence-electron chi connectivity index (χ0n) is 26.7. The monoisotopic (exact) mass is 576 g/mol. The van der Waals surface area contributed by atoms with Gasteiger partial charge in [0, 0.05) is 0 Å². The smallest absolute Gasteiger partial charge is 0.186 e. The van der Waals surface area contributed by atoms with Crippen molar-refractivity contribution >= 4 is 0 Å². The molecule has 1 aliphatic heterocycles. The highest BCUT2D eigenvalue weighted by molar-refractivity contribution is 5.25. The van der Waals surface area contributed by atoms with Gasteiger partial charge in [-0.2, -0.15) is 0 Å². The van der Waals surface area contributed by atoms with Gasteiger partial charge in [-0.05, 0) is 110 Å². The Kier molecular flexibility index (Phi) is 9.71. The van der Waals surface area contributed by atoms with E-state index < -0.39 is 37.3 Å². The van der Waals surface area contributed by atoms with E-state index in [1.54, 1.807) is 0 Å². The lowest BCUT2D eigenvalue weighted by molar-refractivity contribution is -0.313. The Morgan fingerprint density at radius 2 is 1.71 bits per heavy atom. The second-order valence-corrected chi connectivity index (χ2v) is 15.7. The number of fused-ring (bicyclic) bond motifs is 5. The molecule has 4 aliphatic carbocycles. The summed E-state index contributed by atoms with van der Waals surface area (Å²) in [5.74, 6) is 5.66. The van der Waals surface area contributed by atoms with Crippen molar-refractivity contribution in [3.05, 3.63) is 11.6 Å². The van der Waals surface area contributed by atoms with Gasteiger partial charge in [-0.25, -0.2) is 0 Å². The summed E-state index contributed by atoms with van der Waals surface area (Å²) in [4.78, 5) is 0. The highest BCUT2D eigenvalue weighted by Crippen LogP contribution is 2.67. The van der Waals surface area contributed by atoms with E-state index in [0.29, 0.717) is 5.41 Å². The second-order valence-electron chi connectivity index (χ2n) is 15.7. The number of rotatable bonds is 9. The standard InChI is InChI=1S/C35H60O6/c1-7-22(20(2)3)9-8-21(4)26-12-13-27-25-11-10-23-18-24(14-16-34(23,5)28(25)15-17-35(26,27)6)40-33-32(39)31(38)30(37)29(19-36)41-33/h10,20-22,24-33,36-39H,7-9,11-19H2,1-6H3/t21-,22-,24+,25+,26-,27+,28+,29-,30-,31+,32-,33+,34+,35-/m1/s1. The van der Waals surface area contributed by atoms with E-state index in [1.165, 1.54) is 56.9 Å². The molecule has 6 nitrogen and oxygen atoms in total. The molecule has 0 radical (unpaired) electrons. The molecular weight excluding hydrogens is 516 g/mol. The Balaban J connectivity index is 1.24. The number of allylic oxidation sites excluding steroid dienone is 1. The van der Waals surface area contributed by atoms with E-state index in [0.717, 1.165) is 60.7 Å². The van der Waals surface area contributed by atoms with E-state index >= 15 is 0 Å². The molecule has 0 unspecified atom stereocenters. The van der Waals surface area contributed by atoms with Crippen LogP contribution >= 0.6 is 0 Å². The summed E-state index contributed by atoms with van der Waals surface area (Å²) in [5, 5.41) is 40.4. The maximum Gasteiger partial charge on any atom is 0.186 e. The molecule has 41 heavy (non-hydrogen) atoms. The zero-order chi connectivity index (χ0) is 29.7. The SMILES string of the molecule is CC[C@H](CC[C@@H](C)[C@H]1CC[C@H]2[C@@H]3CC=C4C[C@@H](O[C@H]5O[C@H](CO)[C@@H](O)[C@H](O)[C@H]5O)CC[C@]4(C)[C@H]3CC[C@]12C)C(C)C. The van der Waals surface area contributed by atoms with Gasteiger partial charge in [-0.1, -0.05) is 66.0 Å². The minimum absolute atomic E-state index is 0.101. The van der Waals surface area contributed by atoms with E-state index in [2.05, 4.69) is 47.6 Å². The molecule has 1 heterocycles. The van der Waals surface area contributed by atoms with Crippen LogP contribution < -0.4 is 0 Å². The van der Waals surface area contributed by atoms with Crippen LogP contribution in [0.5, 0.6) is 0 Å². The van der Waals surface area contributed by atoms with Crippen molar-refractivity contribution in [2.24, 2.45) is 52.3 Å². The first kappa shape index (κ1) is 31.9. The summed E-state index contributed by atoms with van der Waals surface area (Å²) in [6, 6.07) is 0. The highest BCUT2D eigenvalue weighted by Gasteiger charge is 2.59. The van der Waals surface area contributed by atoms with Crippen LogP contribution in [-0.2, 0) is 9.47 Å². The molecule has 6 heteroatoms. The van der Waals surface area contributed by atoms with Gasteiger partial charge >= 0.3 is 0 Å². The number of aliphatic hydroxyl groups excluding tert-OH is 4. The normalized spacial score (nSPS) is 47.7. The average Bonchev–Trinajstić information content (AvgIpc) is 3.30. The number of hydrogen-bond donors (Lipinski definition) is 4. The Labute approximate surface area is 249 Å². The van der Waals surface area contributed by atoms with Crippen molar-refractivity contribution in [3.63, 3.8) is 0 Å². The predicted octanol–water partition coefficient (Wildman–Crippen LogP) is 5.85. The minimum atomic E-state index is -1.40. The molecule has 14 atom stereocenters. The van der Waals surface area contributed by atoms with Gasteiger partial charge in [-0.15, -0.1) is 0 Å². The van der Waals surface area contributed by atoms with Crippen LogP contribution in [0.25, 0.3) is 0 Å². The van der Waals surface area contributed by atoms with Crippen LogP contribution in [0.2, 0.25) is 0 Å². The average molecular weight is 577 g/mol. The lowest BCUT2D eigenvalue weighted by atomic mass is 9.47. The van der Waals surface area contributed by atoms with Crippen LogP contribution in [0.4, 0.5) is 0 Å². The molecule has 5 aliphatic rings. The van der Waals surface area contributed by atoms with Crippen molar-refractivity contribution in [2.45, 2.75) is 149 Å². The molecule has 0 aromatic carbocycles. The third kappa shape index (κ3) is 5.73. The largest absolute Gasteiger partial charge is 0.394 e. The quantitative estimate of drug-likeness (QED) is 0.257. The second kappa shape index (κ2) is 12.5. The van der Waals surface area contributed by atoms with Gasteiger partial charge in [0.25, 0.3) is 0 Å². The molecule has 236 valence electrons. The summed E-state index contributed by atoms with van der Waals surface area (Å²) < 4.78 is 11.9. The van der Waals surface area contributed by atoms with E-state index in [9.17, 15) is 20.4 Å². The zero-order valence-corrected chi connectivity index (χ0v) is 26.7. The molecule has 1 saturated heterocycles. The van der Waals surface area contributed by atoms with E-state index in [1.807, 2.05) is 0 Å². The highest BCUT2D eigenvalue weighted by atomic mass is 16.7. The summed E-state index contributed by atoms with van der Waals surface area (Å²) in [6.07, 6.45) is 9.92. The number of ether oxygens (including phenoxy) is 2. The first-order valence-corrected chi connectivity index (χ1v) is 17.1. The van der Waals surface area contributed by atoms with Crippen molar-refractivity contribution in [1.29, 1.82) is 0 Å². The van der Waals surface area contributed by atoms with Gasteiger partial charge in [0.05, 0.1) is 12.7 Å². The molecule has 0 aromatic heterocycles. The maximum atomic E-state index is 10.5. The Hall–Kier alpha value is -0.500. The van der Waals surface area contributed by atoms with Gasteiger partial charge < -0.3 is 29.9 Å². The lowest BCUT2D eigenvalue weighted by Gasteiger charge is -2.58. The Morgan fingerprint density at radius 3 is 2.39 bits per heavy atom. The first-order chi connectivity index (χ1) is 19.4. The summed E-state index contributed by atoms with van der Waals surface area (Å²) >= 11 is 0. The molecule has 3 saturated carbocycles. The first-order valence-electron chi connectivity index (χ1n) is 17.1. The van der Waals surface area contributed by atoms with Crippen LogP contribution in [0.3, 0.4) is 0 Å². The Bertz CT molecular complexity index is 918. The third-order valence-corrected chi connectivity index (χ3v) is 13.5. The number of hydrogen-bond acceptors (Lipinski definition) is 6. The van der Waals surface area contributed by atoms with Crippen molar-refractivity contribution in [1.82, 2.24) is 0 Å². The molecule has 0 aromatic rings. The molecule has 4 fully saturated rings. The van der Waals surface area contributed by atoms with Crippen molar-refractivity contribution in [3.8, 4) is 0 Å². The van der Waals surface area contributed by atoms with E-state index in [-0.39, 0.29) is 11.5 Å². The summed E-state index contributed by atoms with van der Waals surface area (Å²) in [5.41, 5.74) is 2.19. The van der Waals surface area contributed by atoms with Gasteiger partial charge in [0.1, 0.15) is 24.4 Å². The van der Waals surface area contributed by atoms with Gasteiger partial charge in [0.15, 0.2) is 6.29 Å². The molecule has 0 amide bonds. The maximum absolute atomic E-state index is 10.5. The lowest BCUT2D eigenvalue weighted by Crippen LogP contribution is -2.60. The molecule has 4 N–H and O–H groups in total. The third-order valence-electron chi connectivity index (χ3n) is 13.5. The van der Waals surface area contributed by atoms with E-state index in [4.69, 9.17) is 9.47 Å². The summed E-state index contributed by atoms with van der Waals surface area (Å²) in [6.45, 7) is 14.5. The fourth-order valence-corrected chi connectivity index (χ4v) is 10.8. The molecule has 0 bridgehead atoms. The topological polar surface area (TPSA) is 99.4 Å². The Morgan fingerprint density at radius 1 is 0.951 bits per heavy atom. The van der Waals surface area contributed by atoms with Gasteiger partial charge in [0.2, 0.25) is 0 Å². The predicted molar refractivity (Wildman–Crippen MR) is 161 cm³/mol. The van der Waals surface area contributed by atoms with Crippen LogP contribution in [0.15, 0.2) is 11.6 Å². The molecule has 5 rings (SSSR count). The van der Waals surface area contributed by atoms with Crippen LogP contribution in [-0.4, -0.2) is 63.8 Å². The summed E-state index contributed by atoms with van der Waals surface area (Å²) in [7, 11) is 0. The fourth-order valence-electron chi connectivity index (χ4n) is 10.8. The van der Waals surface area contributed by atoms with Crippen molar-refractivity contribution in [2.75, 3.05) is 6.61 Å². The van der Waals surface area contributed by atoms with Crippen molar-refractivity contribution < 1.29 is 29.9 Å². The van der Waals surface area contributed by atoms with Gasteiger partial charge in [-0.3, -0.25) is 0 Å². The molecular formula is C35H60O6. The van der Waals surface area contributed by atoms with Crippen LogP contribution in [0.1, 0.15) is 112 Å². The number of aliphatic hydroxyl groups is 4. The minimum Gasteiger partial charge on any atom is -0.394 e.